The number of hydrogen-bond donors (Lipinski definition) is 1. The third-order valence-corrected chi connectivity index (χ3v) is 3.88. The number of amides is 2. The molecular formula is C19H30N2O4. The zero-order chi connectivity index (χ0) is 18.8. The predicted octanol–water partition coefficient (Wildman–Crippen LogP) is 2.26. The summed E-state index contributed by atoms with van der Waals surface area (Å²) in [6.45, 7) is 7.26. The van der Waals surface area contributed by atoms with Gasteiger partial charge in [-0.25, -0.2) is 0 Å². The molecule has 0 saturated carbocycles. The molecule has 140 valence electrons. The summed E-state index contributed by atoms with van der Waals surface area (Å²) in [4.78, 5) is 25.3. The Labute approximate surface area is 150 Å². The van der Waals surface area contributed by atoms with E-state index in [-0.39, 0.29) is 11.8 Å². The molecule has 0 aliphatic rings. The van der Waals surface area contributed by atoms with Crippen LogP contribution in [0.5, 0.6) is 11.5 Å². The summed E-state index contributed by atoms with van der Waals surface area (Å²) >= 11 is 0. The predicted molar refractivity (Wildman–Crippen MR) is 98.0 cm³/mol. The van der Waals surface area contributed by atoms with Crippen molar-refractivity contribution >= 4 is 11.8 Å². The number of hydrogen-bond acceptors (Lipinski definition) is 4. The Bertz CT molecular complexity index is 573. The molecule has 0 unspecified atom stereocenters. The molecule has 0 aliphatic heterocycles. The van der Waals surface area contributed by atoms with E-state index in [0.29, 0.717) is 49.9 Å². The Morgan fingerprint density at radius 2 is 1.80 bits per heavy atom. The number of ether oxygens (including phenoxy) is 2. The summed E-state index contributed by atoms with van der Waals surface area (Å²) in [6.07, 6.45) is 1.01. The van der Waals surface area contributed by atoms with Crippen LogP contribution in [-0.2, 0) is 16.0 Å². The third-order valence-electron chi connectivity index (χ3n) is 3.88. The second-order valence-corrected chi connectivity index (χ2v) is 6.39. The summed E-state index contributed by atoms with van der Waals surface area (Å²) in [7, 11) is 3.19. The minimum atomic E-state index is -0.0304. The second kappa shape index (κ2) is 10.6. The van der Waals surface area contributed by atoms with E-state index < -0.39 is 0 Å². The number of rotatable bonds is 10. The zero-order valence-corrected chi connectivity index (χ0v) is 15.9. The standard InChI is InChI=1S/C19H30N2O4/c1-14(2)13-20-19(23)9-11-21(15(3)22)10-8-16-6-7-17(24-4)18(12-16)25-5/h6-7,12,14H,8-11,13H2,1-5H3,(H,20,23). The van der Waals surface area contributed by atoms with Gasteiger partial charge in [-0.3, -0.25) is 9.59 Å². The Balaban J connectivity index is 2.55. The molecule has 6 nitrogen and oxygen atoms in total. The van der Waals surface area contributed by atoms with Gasteiger partial charge in [0.05, 0.1) is 14.2 Å². The molecule has 6 heteroatoms. The SMILES string of the molecule is COc1ccc(CCN(CCC(=O)NCC(C)C)C(C)=O)cc1OC. The van der Waals surface area contributed by atoms with Crippen molar-refractivity contribution in [2.45, 2.75) is 33.6 Å². The lowest BCUT2D eigenvalue weighted by molar-refractivity contribution is -0.129. The van der Waals surface area contributed by atoms with Crippen LogP contribution in [0.15, 0.2) is 18.2 Å². The van der Waals surface area contributed by atoms with Crippen LogP contribution < -0.4 is 14.8 Å². The van der Waals surface area contributed by atoms with E-state index in [0.717, 1.165) is 5.56 Å². The molecule has 0 radical (unpaired) electrons. The maximum atomic E-state index is 11.8. The summed E-state index contributed by atoms with van der Waals surface area (Å²) in [5.74, 6) is 1.71. The van der Waals surface area contributed by atoms with Gasteiger partial charge in [-0.05, 0) is 30.0 Å². The van der Waals surface area contributed by atoms with Gasteiger partial charge in [0.25, 0.3) is 0 Å². The van der Waals surface area contributed by atoms with Crippen LogP contribution in [0.2, 0.25) is 0 Å². The highest BCUT2D eigenvalue weighted by Crippen LogP contribution is 2.27. The fourth-order valence-corrected chi connectivity index (χ4v) is 2.37. The highest BCUT2D eigenvalue weighted by molar-refractivity contribution is 5.78. The van der Waals surface area contributed by atoms with E-state index in [4.69, 9.17) is 9.47 Å². The fourth-order valence-electron chi connectivity index (χ4n) is 2.37. The molecule has 0 aliphatic carbocycles. The van der Waals surface area contributed by atoms with Crippen LogP contribution >= 0.6 is 0 Å². The Hall–Kier alpha value is -2.24. The molecule has 25 heavy (non-hydrogen) atoms. The first-order chi connectivity index (χ1) is 11.9. The lowest BCUT2D eigenvalue weighted by Crippen LogP contribution is -2.36. The first-order valence-corrected chi connectivity index (χ1v) is 8.60. The first-order valence-electron chi connectivity index (χ1n) is 8.60. The van der Waals surface area contributed by atoms with Gasteiger partial charge in [0.15, 0.2) is 11.5 Å². The Kier molecular flexibility index (Phi) is 8.81. The average Bonchev–Trinajstić information content (AvgIpc) is 2.59. The van der Waals surface area contributed by atoms with Crippen LogP contribution in [-0.4, -0.2) is 50.6 Å². The van der Waals surface area contributed by atoms with Crippen molar-refractivity contribution in [3.05, 3.63) is 23.8 Å². The molecular weight excluding hydrogens is 320 g/mol. The van der Waals surface area contributed by atoms with Gasteiger partial charge < -0.3 is 19.7 Å². The van der Waals surface area contributed by atoms with E-state index in [1.807, 2.05) is 32.0 Å². The van der Waals surface area contributed by atoms with Crippen molar-refractivity contribution < 1.29 is 19.1 Å². The highest BCUT2D eigenvalue weighted by Gasteiger charge is 2.12. The number of nitrogens with zero attached hydrogens (tertiary/aromatic N) is 1. The van der Waals surface area contributed by atoms with Gasteiger partial charge in [0.1, 0.15) is 0 Å². The quantitative estimate of drug-likeness (QED) is 0.703. The maximum Gasteiger partial charge on any atom is 0.221 e. The topological polar surface area (TPSA) is 67.9 Å². The van der Waals surface area contributed by atoms with Gasteiger partial charge >= 0.3 is 0 Å². The first kappa shape index (κ1) is 20.8. The number of nitrogens with one attached hydrogen (secondary N) is 1. The van der Waals surface area contributed by atoms with Gasteiger partial charge in [0.2, 0.25) is 11.8 Å². The van der Waals surface area contributed by atoms with Crippen molar-refractivity contribution in [1.29, 1.82) is 0 Å². The Morgan fingerprint density at radius 1 is 1.12 bits per heavy atom. The van der Waals surface area contributed by atoms with Crippen molar-refractivity contribution in [2.75, 3.05) is 33.9 Å². The van der Waals surface area contributed by atoms with Gasteiger partial charge in [-0.15, -0.1) is 0 Å². The summed E-state index contributed by atoms with van der Waals surface area (Å²) in [5, 5.41) is 2.87. The van der Waals surface area contributed by atoms with Gasteiger partial charge in [-0.1, -0.05) is 19.9 Å². The lowest BCUT2D eigenvalue weighted by Gasteiger charge is -2.21. The van der Waals surface area contributed by atoms with Crippen LogP contribution in [0.25, 0.3) is 0 Å². The maximum absolute atomic E-state index is 11.8. The van der Waals surface area contributed by atoms with Crippen molar-refractivity contribution in [1.82, 2.24) is 10.2 Å². The van der Waals surface area contributed by atoms with Crippen molar-refractivity contribution in [3.8, 4) is 11.5 Å². The molecule has 0 heterocycles. The average molecular weight is 350 g/mol. The number of carbonyl (C=O) groups excluding carboxylic acids is 2. The molecule has 0 spiro atoms. The monoisotopic (exact) mass is 350 g/mol. The summed E-state index contributed by atoms with van der Waals surface area (Å²) in [5.41, 5.74) is 1.05. The molecule has 0 atom stereocenters. The summed E-state index contributed by atoms with van der Waals surface area (Å²) < 4.78 is 10.5. The fraction of sp³-hybridized carbons (Fsp3) is 0.579. The molecule has 1 aromatic rings. The minimum Gasteiger partial charge on any atom is -0.493 e. The lowest BCUT2D eigenvalue weighted by atomic mass is 10.1. The second-order valence-electron chi connectivity index (χ2n) is 6.39. The zero-order valence-electron chi connectivity index (χ0n) is 15.9. The molecule has 0 bridgehead atoms. The molecule has 2 amide bonds. The van der Waals surface area contributed by atoms with E-state index >= 15 is 0 Å². The molecule has 0 fully saturated rings. The largest absolute Gasteiger partial charge is 0.493 e. The van der Waals surface area contributed by atoms with E-state index in [1.165, 1.54) is 6.92 Å². The normalized spacial score (nSPS) is 10.5. The minimum absolute atomic E-state index is 0.0222. The number of carbonyl (C=O) groups is 2. The smallest absolute Gasteiger partial charge is 0.221 e. The van der Waals surface area contributed by atoms with Crippen LogP contribution in [0.4, 0.5) is 0 Å². The van der Waals surface area contributed by atoms with E-state index in [1.54, 1.807) is 19.1 Å². The molecule has 0 saturated heterocycles. The Morgan fingerprint density at radius 3 is 2.36 bits per heavy atom. The van der Waals surface area contributed by atoms with E-state index in [9.17, 15) is 9.59 Å². The molecule has 0 aromatic heterocycles. The van der Waals surface area contributed by atoms with Gasteiger partial charge in [0, 0.05) is 33.0 Å². The van der Waals surface area contributed by atoms with Crippen molar-refractivity contribution in [3.63, 3.8) is 0 Å². The van der Waals surface area contributed by atoms with Crippen LogP contribution in [0.1, 0.15) is 32.8 Å². The van der Waals surface area contributed by atoms with Crippen LogP contribution in [0.3, 0.4) is 0 Å². The highest BCUT2D eigenvalue weighted by atomic mass is 16.5. The number of benzene rings is 1. The molecule has 1 N–H and O–H groups in total. The third kappa shape index (κ3) is 7.45. The number of methoxy groups -OCH3 is 2. The molecule has 1 aromatic carbocycles. The van der Waals surface area contributed by atoms with E-state index in [2.05, 4.69) is 5.32 Å². The van der Waals surface area contributed by atoms with Crippen LogP contribution in [0, 0.1) is 5.92 Å². The molecule has 1 rings (SSSR count). The summed E-state index contributed by atoms with van der Waals surface area (Å²) in [6, 6.07) is 5.72. The van der Waals surface area contributed by atoms with Crippen molar-refractivity contribution in [2.24, 2.45) is 5.92 Å². The van der Waals surface area contributed by atoms with Gasteiger partial charge in [-0.2, -0.15) is 0 Å².